The molecule has 3 heterocycles. The molecule has 8 rings (SSSR count). The molecular weight excluding hydrogens is 974 g/mol. The number of carboxylic acids is 2. The lowest BCUT2D eigenvalue weighted by Crippen LogP contribution is -2.28. The van der Waals surface area contributed by atoms with Gasteiger partial charge >= 0.3 is 11.9 Å². The van der Waals surface area contributed by atoms with Crippen LogP contribution >= 0.6 is 23.4 Å². The number of aliphatic carboxylic acids is 2. The van der Waals surface area contributed by atoms with Crippen molar-refractivity contribution in [3.63, 3.8) is 0 Å². The van der Waals surface area contributed by atoms with Crippen molar-refractivity contribution < 1.29 is 29.3 Å². The number of Topliss-reactive ketones (excluding diaryl/α,β-unsaturated/α-hetero) is 1. The number of benzene rings is 5. The van der Waals surface area contributed by atoms with Crippen molar-refractivity contribution in [1.82, 2.24) is 14.1 Å². The Kier molecular flexibility index (Phi) is 16.9. The van der Waals surface area contributed by atoms with Crippen molar-refractivity contribution in [1.29, 1.82) is 0 Å². The molecule has 0 fully saturated rings. The number of rotatable bonds is 17. The highest BCUT2D eigenvalue weighted by Crippen LogP contribution is 2.44. The molecule has 0 spiro atoms. The number of ether oxygens (including phenoxy) is 1. The summed E-state index contributed by atoms with van der Waals surface area (Å²) in [5.41, 5.74) is 8.65. The van der Waals surface area contributed by atoms with Crippen LogP contribution in [0.15, 0.2) is 126 Å². The van der Waals surface area contributed by atoms with Crippen LogP contribution in [0.1, 0.15) is 145 Å². The molecule has 0 amide bonds. The number of ketones is 1. The molecule has 0 bridgehead atoms. The number of hydrogen-bond donors (Lipinski definition) is 2. The lowest BCUT2D eigenvalue weighted by atomic mass is 9.83. The number of nitrogens with zero attached hydrogens (tertiary/aromatic N) is 3. The van der Waals surface area contributed by atoms with Gasteiger partial charge in [0.2, 0.25) is 0 Å². The second-order valence-corrected chi connectivity index (χ2v) is 26.2. The molecule has 8 aromatic rings. The molecule has 0 unspecified atom stereocenters. The summed E-state index contributed by atoms with van der Waals surface area (Å²) in [6, 6.07) is 40.7. The van der Waals surface area contributed by atoms with E-state index in [2.05, 4.69) is 86.2 Å². The number of carbonyl (C=O) groups is 3. The van der Waals surface area contributed by atoms with Crippen LogP contribution in [0, 0.1) is 23.2 Å². The maximum Gasteiger partial charge on any atom is 0.309 e. The summed E-state index contributed by atoms with van der Waals surface area (Å²) in [5.74, 6) is -0.630. The normalized spacial score (nSPS) is 12.4. The number of aromatic nitrogens is 3. The molecule has 2 N–H and O–H groups in total. The third-order valence-corrected chi connectivity index (χ3v) is 15.0. The minimum absolute atomic E-state index is 0.00434. The fourth-order valence-corrected chi connectivity index (χ4v) is 10.5. The monoisotopic (exact) mass is 1050 g/mol. The average molecular weight is 1050 g/mol. The van der Waals surface area contributed by atoms with Crippen LogP contribution in [-0.2, 0) is 42.1 Å². The number of halogens is 1. The van der Waals surface area contributed by atoms with Crippen molar-refractivity contribution in [3.8, 4) is 5.75 Å². The van der Waals surface area contributed by atoms with E-state index in [9.17, 15) is 24.6 Å². The van der Waals surface area contributed by atoms with E-state index >= 15 is 0 Å². The molecule has 75 heavy (non-hydrogen) atoms. The predicted molar refractivity (Wildman–Crippen MR) is 309 cm³/mol. The largest absolute Gasteiger partial charge is 0.487 e. The zero-order valence-electron chi connectivity index (χ0n) is 46.0. The van der Waals surface area contributed by atoms with E-state index in [0.29, 0.717) is 48.2 Å². The molecule has 5 aromatic carbocycles. The minimum atomic E-state index is -1.07. The van der Waals surface area contributed by atoms with E-state index in [1.807, 2.05) is 132 Å². The van der Waals surface area contributed by atoms with Crippen molar-refractivity contribution in [3.05, 3.63) is 171 Å². The smallest absolute Gasteiger partial charge is 0.309 e. The summed E-state index contributed by atoms with van der Waals surface area (Å²) in [4.78, 5) is 44.3. The average Bonchev–Trinajstić information content (AvgIpc) is 3.76. The third kappa shape index (κ3) is 13.9. The molecule has 0 aliphatic rings. The summed E-state index contributed by atoms with van der Waals surface area (Å²) in [6.45, 7) is 27.7. The van der Waals surface area contributed by atoms with Crippen LogP contribution in [-0.4, -0.2) is 46.8 Å². The zero-order valence-corrected chi connectivity index (χ0v) is 47.6. The highest BCUT2D eigenvalue weighted by atomic mass is 35.5. The standard InChI is InChI=1S/C37H40N2O4.C27H34ClNO2S/c1-24-11-13-25(14-12-24)22-39-31-18-17-28(43-23-27-16-15-26-9-7-8-10-30(26)38-27)19-29(31)34(33(40)21-36(2,3)4)32(39)20-37(5,6)35(41)42;1-17(2)19-10-13-22-21(14-19)24(32-26(3,4)5)23(15-27(6,7)25(30)31)29(22)16-18-8-11-20(28)12-9-18/h7-19H,20-23H2,1-6H3,(H,41,42);8-14,17H,15-16H2,1-7H3,(H,30,31). The number of thioether (sulfide) groups is 1. The number of pyridine rings is 1. The topological polar surface area (TPSA) is 124 Å². The van der Waals surface area contributed by atoms with Crippen LogP contribution in [0.5, 0.6) is 5.75 Å². The number of fused-ring (bicyclic) bond motifs is 3. The van der Waals surface area contributed by atoms with Gasteiger partial charge in [0.25, 0.3) is 0 Å². The molecule has 0 aliphatic heterocycles. The Morgan fingerprint density at radius 3 is 1.81 bits per heavy atom. The predicted octanol–water partition coefficient (Wildman–Crippen LogP) is 16.4. The highest BCUT2D eigenvalue weighted by Gasteiger charge is 2.35. The van der Waals surface area contributed by atoms with Crippen molar-refractivity contribution in [2.45, 2.75) is 145 Å². The number of carbonyl (C=O) groups excluding carboxylic acids is 1. The first-order valence-electron chi connectivity index (χ1n) is 25.9. The van der Waals surface area contributed by atoms with Gasteiger partial charge in [-0.15, -0.1) is 11.8 Å². The number of hydrogen-bond acceptors (Lipinski definition) is 6. The van der Waals surface area contributed by atoms with Gasteiger partial charge in [0.1, 0.15) is 12.4 Å². The van der Waals surface area contributed by atoms with Crippen molar-refractivity contribution >= 4 is 73.8 Å². The number of para-hydroxylation sites is 1. The fraction of sp³-hybridized carbons (Fsp3) is 0.375. The molecule has 3 aromatic heterocycles. The Hall–Kier alpha value is -6.36. The van der Waals surface area contributed by atoms with Gasteiger partial charge in [-0.25, -0.2) is 4.98 Å². The van der Waals surface area contributed by atoms with Gasteiger partial charge in [-0.05, 0) is 117 Å². The lowest BCUT2D eigenvalue weighted by molar-refractivity contribution is -0.147. The first-order chi connectivity index (χ1) is 35.1. The van der Waals surface area contributed by atoms with Crippen LogP contribution in [0.4, 0.5) is 0 Å². The first kappa shape index (κ1) is 56.4. The van der Waals surface area contributed by atoms with Crippen LogP contribution in [0.25, 0.3) is 32.7 Å². The summed E-state index contributed by atoms with van der Waals surface area (Å²) >= 11 is 7.94. The molecule has 0 radical (unpaired) electrons. The SMILES string of the molecule is CC(C)c1ccc2c(c1)c(SC(C)(C)C)c(CC(C)(C)C(=O)O)n2Cc1ccc(Cl)cc1.Cc1ccc(Cn2c(CC(C)(C)C(=O)O)c(C(=O)CC(C)(C)C)c3cc(OCc4ccc5ccccc5n4)ccc32)cc1. The summed E-state index contributed by atoms with van der Waals surface area (Å²) in [5, 5.41) is 23.7. The fourth-order valence-electron chi connectivity index (χ4n) is 9.23. The first-order valence-corrected chi connectivity index (χ1v) is 27.1. The third-order valence-electron chi connectivity index (χ3n) is 13.5. The van der Waals surface area contributed by atoms with Gasteiger partial charge in [0.15, 0.2) is 5.78 Å². The van der Waals surface area contributed by atoms with Gasteiger partial charge in [-0.3, -0.25) is 14.4 Å². The maximum atomic E-state index is 14.1. The van der Waals surface area contributed by atoms with Gasteiger partial charge in [0.05, 0.1) is 22.0 Å². The molecule has 394 valence electrons. The second-order valence-electron chi connectivity index (χ2n) is 23.9. The highest BCUT2D eigenvalue weighted by molar-refractivity contribution is 8.00. The van der Waals surface area contributed by atoms with E-state index in [0.717, 1.165) is 61.1 Å². The number of carboxylic acid groups (broad SMARTS) is 2. The van der Waals surface area contributed by atoms with Crippen LogP contribution < -0.4 is 4.74 Å². The molecule has 11 heteroatoms. The van der Waals surface area contributed by atoms with E-state index in [4.69, 9.17) is 21.3 Å². The Bertz CT molecular complexity index is 3370. The van der Waals surface area contributed by atoms with Gasteiger partial charge < -0.3 is 24.1 Å². The molecule has 0 saturated carbocycles. The van der Waals surface area contributed by atoms with Crippen molar-refractivity contribution in [2.75, 3.05) is 0 Å². The molecule has 0 atom stereocenters. The van der Waals surface area contributed by atoms with E-state index < -0.39 is 22.8 Å². The maximum absolute atomic E-state index is 14.1. The molecule has 0 aliphatic carbocycles. The van der Waals surface area contributed by atoms with Gasteiger partial charge in [-0.2, -0.15) is 0 Å². The minimum Gasteiger partial charge on any atom is -0.487 e. The summed E-state index contributed by atoms with van der Waals surface area (Å²) < 4.78 is 10.6. The van der Waals surface area contributed by atoms with Crippen LogP contribution in [0.2, 0.25) is 5.02 Å². The molecular formula is C64H74ClN3O6S. The quantitative estimate of drug-likeness (QED) is 0.0683. The Balaban J connectivity index is 0.000000229. The molecule has 9 nitrogen and oxygen atoms in total. The zero-order chi connectivity index (χ0) is 54.8. The van der Waals surface area contributed by atoms with Gasteiger partial charge in [0, 0.05) is 91.2 Å². The van der Waals surface area contributed by atoms with E-state index in [-0.39, 0.29) is 29.0 Å². The Labute approximate surface area is 452 Å². The Morgan fingerprint density at radius 1 is 0.667 bits per heavy atom. The van der Waals surface area contributed by atoms with E-state index in [1.165, 1.54) is 15.8 Å². The van der Waals surface area contributed by atoms with Crippen molar-refractivity contribution in [2.24, 2.45) is 16.2 Å². The number of aryl methyl sites for hydroxylation is 1. The van der Waals surface area contributed by atoms with E-state index in [1.54, 1.807) is 13.8 Å². The second kappa shape index (κ2) is 22.5. The Morgan fingerprint density at radius 2 is 1.23 bits per heavy atom. The summed E-state index contributed by atoms with van der Waals surface area (Å²) in [6.07, 6.45) is 1.01. The summed E-state index contributed by atoms with van der Waals surface area (Å²) in [7, 11) is 0. The van der Waals surface area contributed by atoms with Crippen LogP contribution in [0.3, 0.4) is 0 Å². The van der Waals surface area contributed by atoms with Gasteiger partial charge in [-0.1, -0.05) is 139 Å². The lowest BCUT2D eigenvalue weighted by Gasteiger charge is -2.24. The molecule has 0 saturated heterocycles.